The molecule has 3 heterocycles. The molecule has 0 radical (unpaired) electrons. The molecule has 7 heteroatoms. The number of piperidine rings is 1. The van der Waals surface area contributed by atoms with E-state index in [1.54, 1.807) is 11.0 Å². The van der Waals surface area contributed by atoms with Crippen LogP contribution in [0.1, 0.15) is 68.6 Å². The van der Waals surface area contributed by atoms with Crippen molar-refractivity contribution in [3.8, 4) is 0 Å². The summed E-state index contributed by atoms with van der Waals surface area (Å²) in [6.07, 6.45) is 7.60. The van der Waals surface area contributed by atoms with Gasteiger partial charge in [0.1, 0.15) is 11.7 Å². The van der Waals surface area contributed by atoms with E-state index in [1.807, 2.05) is 30.0 Å². The first-order chi connectivity index (χ1) is 15.5. The lowest BCUT2D eigenvalue weighted by molar-refractivity contribution is -0.146. The lowest BCUT2D eigenvalue weighted by Crippen LogP contribution is -2.58. The maximum absolute atomic E-state index is 13.4. The van der Waals surface area contributed by atoms with Crippen molar-refractivity contribution in [2.24, 2.45) is 11.8 Å². The van der Waals surface area contributed by atoms with Gasteiger partial charge in [-0.15, -0.1) is 0 Å². The Morgan fingerprint density at radius 2 is 1.81 bits per heavy atom. The molecule has 3 amide bonds. The van der Waals surface area contributed by atoms with Crippen LogP contribution in [0.2, 0.25) is 0 Å². The van der Waals surface area contributed by atoms with Gasteiger partial charge in [0, 0.05) is 38.2 Å². The quantitative estimate of drug-likeness (QED) is 0.744. The van der Waals surface area contributed by atoms with Gasteiger partial charge in [0.05, 0.1) is 5.56 Å². The summed E-state index contributed by atoms with van der Waals surface area (Å²) in [7, 11) is 0. The van der Waals surface area contributed by atoms with E-state index < -0.39 is 11.7 Å². The van der Waals surface area contributed by atoms with Crippen molar-refractivity contribution in [1.82, 2.24) is 15.1 Å². The van der Waals surface area contributed by atoms with Gasteiger partial charge >= 0.3 is 0 Å². The van der Waals surface area contributed by atoms with Gasteiger partial charge < -0.3 is 20.4 Å². The van der Waals surface area contributed by atoms with Gasteiger partial charge in [0.2, 0.25) is 11.8 Å². The van der Waals surface area contributed by atoms with E-state index in [2.05, 4.69) is 10.6 Å². The third-order valence-electron chi connectivity index (χ3n) is 8.19. The van der Waals surface area contributed by atoms with Crippen LogP contribution in [0.4, 0.5) is 5.69 Å². The predicted molar refractivity (Wildman–Crippen MR) is 122 cm³/mol. The van der Waals surface area contributed by atoms with Crippen molar-refractivity contribution in [1.29, 1.82) is 0 Å². The van der Waals surface area contributed by atoms with Crippen LogP contribution in [0.3, 0.4) is 0 Å². The van der Waals surface area contributed by atoms with Crippen molar-refractivity contribution in [2.45, 2.75) is 70.0 Å². The molecule has 1 aromatic rings. The number of benzene rings is 1. The van der Waals surface area contributed by atoms with E-state index in [0.29, 0.717) is 37.3 Å². The Morgan fingerprint density at radius 1 is 1.03 bits per heavy atom. The molecule has 3 fully saturated rings. The lowest BCUT2D eigenvalue weighted by Gasteiger charge is -2.43. The summed E-state index contributed by atoms with van der Waals surface area (Å²) < 4.78 is 0. The molecule has 4 aliphatic rings. The average Bonchev–Trinajstić information content (AvgIpc) is 2.96. The SMILES string of the molecule is CC(C(=O)N1CCC2CCCCC2C1)N1CCC2(CCC1=O)NC(=O)c1ccccc1N2. The molecule has 1 aliphatic carbocycles. The van der Waals surface area contributed by atoms with Crippen molar-refractivity contribution in [3.63, 3.8) is 0 Å². The summed E-state index contributed by atoms with van der Waals surface area (Å²) in [5, 5.41) is 6.59. The number of carbonyl (C=O) groups excluding carboxylic acids is 3. The Balaban J connectivity index is 1.27. The lowest BCUT2D eigenvalue weighted by atomic mass is 9.75. The Kier molecular flexibility index (Phi) is 5.59. The Bertz CT molecular complexity index is 918. The number of carbonyl (C=O) groups is 3. The zero-order valence-electron chi connectivity index (χ0n) is 18.9. The smallest absolute Gasteiger partial charge is 0.255 e. The molecule has 0 bridgehead atoms. The first-order valence-corrected chi connectivity index (χ1v) is 12.2. The highest BCUT2D eigenvalue weighted by atomic mass is 16.2. The monoisotopic (exact) mass is 438 g/mol. The fraction of sp³-hybridized carbons (Fsp3) is 0.640. The predicted octanol–water partition coefficient (Wildman–Crippen LogP) is 2.98. The second kappa shape index (κ2) is 8.41. The van der Waals surface area contributed by atoms with E-state index in [0.717, 1.165) is 31.1 Å². The fourth-order valence-electron chi connectivity index (χ4n) is 6.25. The van der Waals surface area contributed by atoms with Crippen molar-refractivity contribution in [2.75, 3.05) is 25.0 Å². The second-order valence-corrected chi connectivity index (χ2v) is 10.1. The van der Waals surface area contributed by atoms with Crippen LogP contribution in [-0.2, 0) is 9.59 Å². The van der Waals surface area contributed by atoms with Crippen LogP contribution in [0.25, 0.3) is 0 Å². The highest BCUT2D eigenvalue weighted by molar-refractivity contribution is 6.02. The minimum atomic E-state index is -0.654. The van der Waals surface area contributed by atoms with Gasteiger partial charge in [0.15, 0.2) is 0 Å². The summed E-state index contributed by atoms with van der Waals surface area (Å²) in [6.45, 7) is 3.97. The number of rotatable bonds is 2. The Labute approximate surface area is 189 Å². The third-order valence-corrected chi connectivity index (χ3v) is 8.19. The largest absolute Gasteiger partial charge is 0.362 e. The number of hydrogen-bond acceptors (Lipinski definition) is 4. The third kappa shape index (κ3) is 3.86. The van der Waals surface area contributed by atoms with E-state index in [-0.39, 0.29) is 17.7 Å². The van der Waals surface area contributed by atoms with E-state index >= 15 is 0 Å². The van der Waals surface area contributed by atoms with Gasteiger partial charge in [-0.2, -0.15) is 0 Å². The summed E-state index contributed by atoms with van der Waals surface area (Å²) in [5.41, 5.74) is 0.774. The minimum Gasteiger partial charge on any atom is -0.362 e. The molecule has 1 aromatic carbocycles. The highest BCUT2D eigenvalue weighted by Crippen LogP contribution is 2.37. The molecule has 7 nitrogen and oxygen atoms in total. The van der Waals surface area contributed by atoms with Gasteiger partial charge in [-0.25, -0.2) is 0 Å². The number of para-hydroxylation sites is 1. The topological polar surface area (TPSA) is 81.8 Å². The molecule has 4 atom stereocenters. The number of nitrogens with one attached hydrogen (secondary N) is 2. The van der Waals surface area contributed by atoms with E-state index in [9.17, 15) is 14.4 Å². The number of amides is 3. The second-order valence-electron chi connectivity index (χ2n) is 10.1. The first-order valence-electron chi connectivity index (χ1n) is 12.2. The molecule has 1 saturated carbocycles. The maximum atomic E-state index is 13.4. The first kappa shape index (κ1) is 21.3. The minimum absolute atomic E-state index is 0.00909. The highest BCUT2D eigenvalue weighted by Gasteiger charge is 2.43. The molecule has 5 rings (SSSR count). The standard InChI is InChI=1S/C25H34N4O3/c1-17(24(32)28-14-11-18-6-2-3-7-19(18)16-28)29-15-13-25(12-10-22(29)30)26-21-9-5-4-8-20(21)23(31)27-25/h4-5,8-9,17-19,26H,2-3,6-7,10-16H2,1H3,(H,27,31). The van der Waals surface area contributed by atoms with Crippen molar-refractivity contribution < 1.29 is 14.4 Å². The van der Waals surface area contributed by atoms with Crippen LogP contribution < -0.4 is 10.6 Å². The summed E-state index contributed by atoms with van der Waals surface area (Å²) in [5.74, 6) is 1.35. The van der Waals surface area contributed by atoms with E-state index in [1.165, 1.54) is 25.7 Å². The molecule has 3 aliphatic heterocycles. The van der Waals surface area contributed by atoms with Crippen LogP contribution in [-0.4, -0.2) is 58.9 Å². The van der Waals surface area contributed by atoms with Gasteiger partial charge in [-0.05, 0) is 50.2 Å². The summed E-state index contributed by atoms with van der Waals surface area (Å²) in [6, 6.07) is 6.99. The van der Waals surface area contributed by atoms with Crippen LogP contribution in [0.5, 0.6) is 0 Å². The molecule has 1 spiro atoms. The Hall–Kier alpha value is -2.57. The molecule has 32 heavy (non-hydrogen) atoms. The van der Waals surface area contributed by atoms with Crippen molar-refractivity contribution >= 4 is 23.4 Å². The van der Waals surface area contributed by atoms with E-state index in [4.69, 9.17) is 0 Å². The average molecular weight is 439 g/mol. The molecule has 2 N–H and O–H groups in total. The fourth-order valence-corrected chi connectivity index (χ4v) is 6.25. The maximum Gasteiger partial charge on any atom is 0.255 e. The molecule has 172 valence electrons. The van der Waals surface area contributed by atoms with Crippen LogP contribution in [0.15, 0.2) is 24.3 Å². The number of anilines is 1. The normalized spacial score (nSPS) is 31.2. The van der Waals surface area contributed by atoms with Crippen LogP contribution >= 0.6 is 0 Å². The molecule has 4 unspecified atom stereocenters. The van der Waals surface area contributed by atoms with Gasteiger partial charge in [-0.3, -0.25) is 14.4 Å². The number of likely N-dealkylation sites (tertiary alicyclic amines) is 2. The summed E-state index contributed by atoms with van der Waals surface area (Å²) >= 11 is 0. The molecular formula is C25H34N4O3. The van der Waals surface area contributed by atoms with Crippen LogP contribution in [0, 0.1) is 11.8 Å². The summed E-state index contributed by atoms with van der Waals surface area (Å²) in [4.78, 5) is 42.8. The number of fused-ring (bicyclic) bond motifs is 2. The zero-order chi connectivity index (χ0) is 22.3. The van der Waals surface area contributed by atoms with Crippen molar-refractivity contribution in [3.05, 3.63) is 29.8 Å². The number of nitrogens with zero attached hydrogens (tertiary/aromatic N) is 2. The number of hydrogen-bond donors (Lipinski definition) is 2. The molecular weight excluding hydrogens is 404 g/mol. The van der Waals surface area contributed by atoms with Gasteiger partial charge in [-0.1, -0.05) is 31.4 Å². The Morgan fingerprint density at radius 3 is 2.66 bits per heavy atom. The zero-order valence-corrected chi connectivity index (χ0v) is 18.9. The van der Waals surface area contributed by atoms with Gasteiger partial charge in [0.25, 0.3) is 5.91 Å². The molecule has 0 aromatic heterocycles. The molecule has 2 saturated heterocycles.